The average molecular weight is 275 g/mol. The van der Waals surface area contributed by atoms with Crippen LogP contribution in [0.3, 0.4) is 0 Å². The Morgan fingerprint density at radius 1 is 1.15 bits per heavy atom. The molecule has 0 unspecified atom stereocenters. The Morgan fingerprint density at radius 2 is 1.90 bits per heavy atom. The van der Waals surface area contributed by atoms with Crippen molar-refractivity contribution < 1.29 is 9.90 Å². The third-order valence-corrected chi connectivity index (χ3v) is 4.64. The van der Waals surface area contributed by atoms with Crippen LogP contribution in [0.4, 0.5) is 0 Å². The first-order valence-corrected chi connectivity index (χ1v) is 7.51. The second-order valence-corrected chi connectivity index (χ2v) is 5.85. The molecule has 0 bridgehead atoms. The van der Waals surface area contributed by atoms with Crippen molar-refractivity contribution >= 4 is 5.91 Å². The summed E-state index contributed by atoms with van der Waals surface area (Å²) in [6.07, 6.45) is 10.5. The second-order valence-electron chi connectivity index (χ2n) is 5.85. The molecule has 1 aromatic heterocycles. The number of amides is 1. The summed E-state index contributed by atoms with van der Waals surface area (Å²) in [6.45, 7) is 0.779. The molecule has 5 heteroatoms. The molecular formula is C15H21N3O2. The van der Waals surface area contributed by atoms with Crippen molar-refractivity contribution in [3.8, 4) is 0 Å². The fourth-order valence-electron chi connectivity index (χ4n) is 3.65. The van der Waals surface area contributed by atoms with E-state index < -0.39 is 0 Å². The van der Waals surface area contributed by atoms with Crippen LogP contribution < -0.4 is 0 Å². The lowest BCUT2D eigenvalue weighted by Gasteiger charge is -2.37. The molecule has 1 saturated carbocycles. The van der Waals surface area contributed by atoms with Crippen LogP contribution >= 0.6 is 0 Å². The van der Waals surface area contributed by atoms with Gasteiger partial charge in [0, 0.05) is 30.9 Å². The van der Waals surface area contributed by atoms with Gasteiger partial charge in [0.25, 0.3) is 5.91 Å². The van der Waals surface area contributed by atoms with Crippen LogP contribution in [0.15, 0.2) is 18.7 Å². The number of carbonyl (C=O) groups excluding carboxylic acids is 1. The van der Waals surface area contributed by atoms with E-state index in [-0.39, 0.29) is 24.0 Å². The second kappa shape index (κ2) is 5.87. The third-order valence-electron chi connectivity index (χ3n) is 4.64. The zero-order valence-electron chi connectivity index (χ0n) is 11.6. The molecule has 1 aliphatic heterocycles. The molecule has 20 heavy (non-hydrogen) atoms. The molecule has 0 radical (unpaired) electrons. The third kappa shape index (κ3) is 2.54. The fourth-order valence-corrected chi connectivity index (χ4v) is 3.65. The molecule has 5 nitrogen and oxygen atoms in total. The van der Waals surface area contributed by atoms with E-state index in [1.807, 2.05) is 4.90 Å². The van der Waals surface area contributed by atoms with E-state index in [1.54, 1.807) is 12.4 Å². The lowest BCUT2D eigenvalue weighted by molar-refractivity contribution is 0.0211. The monoisotopic (exact) mass is 275 g/mol. The highest BCUT2D eigenvalue weighted by atomic mass is 16.3. The minimum Gasteiger partial charge on any atom is -0.393 e. The molecule has 2 fully saturated rings. The van der Waals surface area contributed by atoms with E-state index in [4.69, 9.17) is 0 Å². The Labute approximate surface area is 119 Å². The minimum absolute atomic E-state index is 0.00544. The minimum atomic E-state index is -0.255. The predicted octanol–water partition coefficient (Wildman–Crippen LogP) is 1.63. The zero-order chi connectivity index (χ0) is 13.9. The number of aliphatic hydroxyl groups is 1. The van der Waals surface area contributed by atoms with Crippen LogP contribution in [0, 0.1) is 5.92 Å². The van der Waals surface area contributed by atoms with Crippen molar-refractivity contribution in [2.75, 3.05) is 6.54 Å². The van der Waals surface area contributed by atoms with Gasteiger partial charge in [0.1, 0.15) is 6.33 Å². The summed E-state index contributed by atoms with van der Waals surface area (Å²) in [5.74, 6) is 0.241. The smallest absolute Gasteiger partial charge is 0.257 e. The molecule has 2 aliphatic rings. The molecule has 1 N–H and O–H groups in total. The number of hydrogen-bond donors (Lipinski definition) is 1. The molecule has 2 heterocycles. The van der Waals surface area contributed by atoms with Gasteiger partial charge in [-0.05, 0) is 25.7 Å². The van der Waals surface area contributed by atoms with Crippen LogP contribution in [-0.2, 0) is 0 Å². The van der Waals surface area contributed by atoms with E-state index in [2.05, 4.69) is 9.97 Å². The molecule has 1 aromatic rings. The van der Waals surface area contributed by atoms with Crippen molar-refractivity contribution in [3.05, 3.63) is 24.3 Å². The highest BCUT2D eigenvalue weighted by molar-refractivity contribution is 5.94. The summed E-state index contributed by atoms with van der Waals surface area (Å²) in [5, 5.41) is 10.2. The molecule has 3 atom stereocenters. The maximum absolute atomic E-state index is 12.6. The number of carbonyl (C=O) groups is 1. The molecular weight excluding hydrogens is 254 g/mol. The summed E-state index contributed by atoms with van der Waals surface area (Å²) >= 11 is 0. The maximum Gasteiger partial charge on any atom is 0.257 e. The SMILES string of the molecule is O=C(c1cncnc1)N1CCC[C@@H]1[C@H]1CCCC[C@H]1O. The predicted molar refractivity (Wildman–Crippen MR) is 74.1 cm³/mol. The molecule has 0 aromatic carbocycles. The number of aromatic nitrogens is 2. The van der Waals surface area contributed by atoms with E-state index >= 15 is 0 Å². The number of aliphatic hydroxyl groups excluding tert-OH is 1. The normalized spacial score (nSPS) is 30.4. The summed E-state index contributed by atoms with van der Waals surface area (Å²) in [4.78, 5) is 22.3. The lowest BCUT2D eigenvalue weighted by atomic mass is 9.80. The van der Waals surface area contributed by atoms with E-state index in [9.17, 15) is 9.90 Å². The molecule has 1 saturated heterocycles. The van der Waals surface area contributed by atoms with Gasteiger partial charge in [0.2, 0.25) is 0 Å². The topological polar surface area (TPSA) is 66.3 Å². The Bertz CT molecular complexity index is 465. The van der Waals surface area contributed by atoms with Crippen molar-refractivity contribution in [1.29, 1.82) is 0 Å². The van der Waals surface area contributed by atoms with Crippen LogP contribution in [0.1, 0.15) is 48.9 Å². The van der Waals surface area contributed by atoms with E-state index in [0.29, 0.717) is 5.56 Å². The van der Waals surface area contributed by atoms with Crippen molar-refractivity contribution in [1.82, 2.24) is 14.9 Å². The van der Waals surface area contributed by atoms with Gasteiger partial charge in [-0.3, -0.25) is 4.79 Å². The van der Waals surface area contributed by atoms with Crippen molar-refractivity contribution in [2.24, 2.45) is 5.92 Å². The van der Waals surface area contributed by atoms with Crippen molar-refractivity contribution in [2.45, 2.75) is 50.7 Å². The molecule has 108 valence electrons. The number of likely N-dealkylation sites (tertiary alicyclic amines) is 1. The molecule has 3 rings (SSSR count). The van der Waals surface area contributed by atoms with Gasteiger partial charge in [-0.2, -0.15) is 0 Å². The Balaban J connectivity index is 1.77. The van der Waals surface area contributed by atoms with Gasteiger partial charge < -0.3 is 10.0 Å². The summed E-state index contributed by atoms with van der Waals surface area (Å²) in [7, 11) is 0. The Morgan fingerprint density at radius 3 is 2.65 bits per heavy atom. The quantitative estimate of drug-likeness (QED) is 0.891. The van der Waals surface area contributed by atoms with E-state index in [0.717, 1.165) is 45.1 Å². The zero-order valence-corrected chi connectivity index (χ0v) is 11.6. The largest absolute Gasteiger partial charge is 0.393 e. The van der Waals surface area contributed by atoms with Crippen LogP contribution in [0.25, 0.3) is 0 Å². The highest BCUT2D eigenvalue weighted by Crippen LogP contribution is 2.35. The Kier molecular flexibility index (Phi) is 3.96. The van der Waals surface area contributed by atoms with Crippen LogP contribution in [0.5, 0.6) is 0 Å². The number of nitrogens with zero attached hydrogens (tertiary/aromatic N) is 3. The molecule has 0 spiro atoms. The molecule has 1 aliphatic carbocycles. The summed E-state index contributed by atoms with van der Waals surface area (Å²) < 4.78 is 0. The van der Waals surface area contributed by atoms with Crippen LogP contribution in [-0.4, -0.2) is 44.6 Å². The number of hydrogen-bond acceptors (Lipinski definition) is 4. The highest BCUT2D eigenvalue weighted by Gasteiger charge is 2.39. The Hall–Kier alpha value is -1.49. The van der Waals surface area contributed by atoms with Gasteiger partial charge in [-0.1, -0.05) is 12.8 Å². The van der Waals surface area contributed by atoms with Gasteiger partial charge in [0.05, 0.1) is 11.7 Å². The summed E-state index contributed by atoms with van der Waals surface area (Å²) in [6, 6.07) is 0.179. The van der Waals surface area contributed by atoms with E-state index in [1.165, 1.54) is 6.33 Å². The fraction of sp³-hybridized carbons (Fsp3) is 0.667. The van der Waals surface area contributed by atoms with Crippen LogP contribution in [0.2, 0.25) is 0 Å². The van der Waals surface area contributed by atoms with Crippen molar-refractivity contribution in [3.63, 3.8) is 0 Å². The first-order valence-electron chi connectivity index (χ1n) is 7.51. The average Bonchev–Trinajstić information content (AvgIpc) is 2.97. The number of rotatable bonds is 2. The summed E-state index contributed by atoms with van der Waals surface area (Å²) in [5.41, 5.74) is 0.546. The standard InChI is InChI=1S/C15H21N3O2/c19-14-6-2-1-4-12(14)13-5-3-7-18(13)15(20)11-8-16-10-17-9-11/h8-10,12-14,19H,1-7H2/t12-,13-,14-/m1/s1. The van der Waals surface area contributed by atoms with Gasteiger partial charge in [0.15, 0.2) is 0 Å². The van der Waals surface area contributed by atoms with Gasteiger partial charge >= 0.3 is 0 Å². The lowest BCUT2D eigenvalue weighted by Crippen LogP contribution is -2.45. The maximum atomic E-state index is 12.6. The molecule has 1 amide bonds. The van der Waals surface area contributed by atoms with Gasteiger partial charge in [-0.25, -0.2) is 9.97 Å². The first kappa shape index (κ1) is 13.5. The first-order chi connectivity index (χ1) is 9.77. The van der Waals surface area contributed by atoms with Gasteiger partial charge in [-0.15, -0.1) is 0 Å².